The molecule has 0 amide bonds. The average molecular weight is 362 g/mol. The molecule has 0 saturated heterocycles. The van der Waals surface area contributed by atoms with E-state index < -0.39 is 0 Å². The Bertz CT molecular complexity index is 447. The molecule has 115 valence electrons. The molecule has 21 heavy (non-hydrogen) atoms. The fourth-order valence-corrected chi connectivity index (χ4v) is 1.97. The van der Waals surface area contributed by atoms with Crippen molar-refractivity contribution < 1.29 is 51.6 Å². The normalized spacial score (nSPS) is 8.48. The molecule has 0 spiro atoms. The van der Waals surface area contributed by atoms with Gasteiger partial charge in [-0.1, -0.05) is 52.8 Å². The standard InChI is InChI=1S/C10H15.C7H8O.2ClH.Ti/c1-6-7(2)9(4)10(5)8(6)3;1-6-4-2-3-5-7(6)8;;;/h1-5H3;2-5,8H,1H3;2*1H;/q-1;;;;+3/p-2. The Morgan fingerprint density at radius 3 is 1.38 bits per heavy atom. The summed E-state index contributed by atoms with van der Waals surface area (Å²) in [7, 11) is 0. The van der Waals surface area contributed by atoms with Crippen molar-refractivity contribution in [3.05, 3.63) is 57.6 Å². The van der Waals surface area contributed by atoms with Crippen molar-refractivity contribution >= 4 is 0 Å². The van der Waals surface area contributed by atoms with E-state index in [4.69, 9.17) is 5.11 Å². The van der Waals surface area contributed by atoms with Crippen LogP contribution in [0.1, 0.15) is 33.4 Å². The van der Waals surface area contributed by atoms with Gasteiger partial charge in [0.25, 0.3) is 0 Å². The Labute approximate surface area is 156 Å². The predicted molar refractivity (Wildman–Crippen MR) is 78.6 cm³/mol. The van der Waals surface area contributed by atoms with Crippen LogP contribution in [0.5, 0.6) is 5.75 Å². The van der Waals surface area contributed by atoms with Gasteiger partial charge in [0.05, 0.1) is 0 Å². The molecule has 2 aromatic carbocycles. The third-order valence-corrected chi connectivity index (χ3v) is 3.93. The number of hydrogen-bond donors (Lipinski definition) is 1. The minimum Gasteiger partial charge on any atom is -1.00 e. The summed E-state index contributed by atoms with van der Waals surface area (Å²) in [5, 5.41) is 8.92. The second-order valence-electron chi connectivity index (χ2n) is 4.91. The molecule has 2 aromatic rings. The molecule has 0 aliphatic heterocycles. The van der Waals surface area contributed by atoms with Crippen LogP contribution < -0.4 is 24.8 Å². The Hall–Kier alpha value is -0.336. The Kier molecular flexibility index (Phi) is 13.7. The van der Waals surface area contributed by atoms with E-state index >= 15 is 0 Å². The van der Waals surface area contributed by atoms with Gasteiger partial charge in [-0.2, -0.15) is 27.8 Å². The third-order valence-electron chi connectivity index (χ3n) is 3.93. The van der Waals surface area contributed by atoms with Crippen molar-refractivity contribution in [2.45, 2.75) is 41.5 Å². The number of hydrogen-bond acceptors (Lipinski definition) is 1. The third kappa shape index (κ3) is 6.53. The first kappa shape index (κ1) is 25.6. The van der Waals surface area contributed by atoms with E-state index in [0.29, 0.717) is 5.75 Å². The molecule has 2 rings (SSSR count). The molecule has 0 saturated carbocycles. The first-order chi connectivity index (χ1) is 8.36. The summed E-state index contributed by atoms with van der Waals surface area (Å²) in [4.78, 5) is 0. The number of aromatic hydroxyl groups is 1. The number of para-hydroxylation sites is 1. The molecule has 1 nitrogen and oxygen atoms in total. The van der Waals surface area contributed by atoms with Gasteiger partial charge in [-0.25, -0.2) is 0 Å². The summed E-state index contributed by atoms with van der Waals surface area (Å²) in [6, 6.07) is 7.25. The van der Waals surface area contributed by atoms with E-state index in [1.807, 2.05) is 25.1 Å². The van der Waals surface area contributed by atoms with Crippen molar-refractivity contribution in [3.63, 3.8) is 0 Å². The van der Waals surface area contributed by atoms with Crippen LogP contribution in [-0.2, 0) is 21.7 Å². The molecule has 0 heterocycles. The van der Waals surface area contributed by atoms with Crippen LogP contribution >= 0.6 is 0 Å². The first-order valence-electron chi connectivity index (χ1n) is 6.30. The molecular weight excluding hydrogens is 339 g/mol. The molecule has 0 aliphatic carbocycles. The smallest absolute Gasteiger partial charge is 1.00 e. The van der Waals surface area contributed by atoms with E-state index in [-0.39, 0.29) is 46.5 Å². The maximum Gasteiger partial charge on any atom is 3.00 e. The van der Waals surface area contributed by atoms with Crippen LogP contribution in [0.2, 0.25) is 0 Å². The summed E-state index contributed by atoms with van der Waals surface area (Å²) in [6.45, 7) is 12.9. The van der Waals surface area contributed by atoms with Crippen LogP contribution in [0.3, 0.4) is 0 Å². The molecule has 1 N–H and O–H groups in total. The monoisotopic (exact) mass is 361 g/mol. The zero-order valence-electron chi connectivity index (χ0n) is 13.5. The molecular formula is C17H23Cl2OTi. The number of rotatable bonds is 0. The van der Waals surface area contributed by atoms with Crippen LogP contribution in [0, 0.1) is 41.5 Å². The Morgan fingerprint density at radius 1 is 0.810 bits per heavy atom. The molecule has 0 unspecified atom stereocenters. The molecule has 1 radical (unpaired) electrons. The van der Waals surface area contributed by atoms with E-state index in [1.54, 1.807) is 6.07 Å². The maximum atomic E-state index is 8.92. The number of phenolic OH excluding ortho intramolecular Hbond substituents is 1. The van der Waals surface area contributed by atoms with Crippen LogP contribution in [0.15, 0.2) is 24.3 Å². The summed E-state index contributed by atoms with van der Waals surface area (Å²) < 4.78 is 0. The number of phenols is 1. The Morgan fingerprint density at radius 2 is 1.19 bits per heavy atom. The summed E-state index contributed by atoms with van der Waals surface area (Å²) in [5.41, 5.74) is 8.26. The molecule has 0 bridgehead atoms. The van der Waals surface area contributed by atoms with E-state index in [0.717, 1.165) is 5.56 Å². The molecule has 4 heteroatoms. The topological polar surface area (TPSA) is 20.2 Å². The summed E-state index contributed by atoms with van der Waals surface area (Å²) in [5.74, 6) is 0.368. The van der Waals surface area contributed by atoms with Crippen LogP contribution in [0.25, 0.3) is 0 Å². The van der Waals surface area contributed by atoms with Gasteiger partial charge in [0, 0.05) is 0 Å². The van der Waals surface area contributed by atoms with Crippen molar-refractivity contribution in [2.75, 3.05) is 0 Å². The second kappa shape index (κ2) is 11.3. The minimum absolute atomic E-state index is 0. The second-order valence-corrected chi connectivity index (χ2v) is 4.91. The van der Waals surface area contributed by atoms with E-state index in [2.05, 4.69) is 34.6 Å². The quantitative estimate of drug-likeness (QED) is 0.454. The summed E-state index contributed by atoms with van der Waals surface area (Å²) >= 11 is 0. The predicted octanol–water partition coefficient (Wildman–Crippen LogP) is -1.35. The van der Waals surface area contributed by atoms with Gasteiger partial charge in [0.15, 0.2) is 0 Å². The van der Waals surface area contributed by atoms with E-state index in [9.17, 15) is 0 Å². The van der Waals surface area contributed by atoms with Gasteiger partial charge in [-0.15, -0.1) is 0 Å². The average Bonchev–Trinajstić information content (AvgIpc) is 2.52. The van der Waals surface area contributed by atoms with Crippen LogP contribution in [-0.4, -0.2) is 5.11 Å². The fourth-order valence-electron chi connectivity index (χ4n) is 1.97. The maximum absolute atomic E-state index is 8.92. The van der Waals surface area contributed by atoms with Gasteiger partial charge >= 0.3 is 21.7 Å². The van der Waals surface area contributed by atoms with Gasteiger partial charge in [0.2, 0.25) is 0 Å². The van der Waals surface area contributed by atoms with Gasteiger partial charge < -0.3 is 29.9 Å². The number of halogens is 2. The van der Waals surface area contributed by atoms with Crippen molar-refractivity contribution in [1.82, 2.24) is 0 Å². The Balaban J connectivity index is -0.000000274. The SMILES string of the molecule is Cc1c(C)c(C)[c-](C)c1C.Cc1ccccc1O.[Cl-].[Cl-].[Ti+3]. The van der Waals surface area contributed by atoms with Gasteiger partial charge in [-0.05, 0) is 18.6 Å². The van der Waals surface area contributed by atoms with Crippen molar-refractivity contribution in [1.29, 1.82) is 0 Å². The van der Waals surface area contributed by atoms with Gasteiger partial charge in [0.1, 0.15) is 5.75 Å². The molecule has 0 aromatic heterocycles. The minimum atomic E-state index is 0. The molecule has 0 fully saturated rings. The van der Waals surface area contributed by atoms with E-state index in [1.165, 1.54) is 27.8 Å². The largest absolute Gasteiger partial charge is 3.00 e. The van der Waals surface area contributed by atoms with Gasteiger partial charge in [-0.3, -0.25) is 0 Å². The number of benzene rings is 1. The fraction of sp³-hybridized carbons (Fsp3) is 0.353. The zero-order valence-corrected chi connectivity index (χ0v) is 16.6. The summed E-state index contributed by atoms with van der Waals surface area (Å²) in [6.07, 6.45) is 0. The zero-order chi connectivity index (χ0) is 13.9. The first-order valence-corrected chi connectivity index (χ1v) is 6.30. The van der Waals surface area contributed by atoms with Crippen LogP contribution in [0.4, 0.5) is 0 Å². The number of aryl methyl sites for hydroxylation is 1. The molecule has 0 aliphatic rings. The van der Waals surface area contributed by atoms with Crippen molar-refractivity contribution in [3.8, 4) is 5.75 Å². The molecule has 0 atom stereocenters. The van der Waals surface area contributed by atoms with Crippen molar-refractivity contribution in [2.24, 2.45) is 0 Å².